The van der Waals surface area contributed by atoms with Crippen molar-refractivity contribution < 1.29 is 22.3 Å². The van der Waals surface area contributed by atoms with Crippen LogP contribution in [0.15, 0.2) is 5.38 Å². The quantitative estimate of drug-likeness (QED) is 0.849. The van der Waals surface area contributed by atoms with Gasteiger partial charge in [0, 0.05) is 5.38 Å². The fourth-order valence-electron chi connectivity index (χ4n) is 0.691. The standard InChI is InChI=1S/C6H8F2N2O3S2/c1-3(11)4-2-14-6(9-4)10-15(12,13)5(7)8/h2-3,5,11H,1H3,(H,9,10). The van der Waals surface area contributed by atoms with Gasteiger partial charge in [0.05, 0.1) is 11.8 Å². The molecule has 0 aliphatic rings. The van der Waals surface area contributed by atoms with Crippen LogP contribution in [0.2, 0.25) is 0 Å². The van der Waals surface area contributed by atoms with Gasteiger partial charge < -0.3 is 5.11 Å². The van der Waals surface area contributed by atoms with Gasteiger partial charge in [-0.05, 0) is 6.92 Å². The number of anilines is 1. The van der Waals surface area contributed by atoms with Crippen molar-refractivity contribution in [2.75, 3.05) is 4.72 Å². The van der Waals surface area contributed by atoms with Crippen LogP contribution in [0.3, 0.4) is 0 Å². The molecule has 1 rings (SSSR count). The molecular formula is C6H8F2N2O3S2. The number of aliphatic hydroxyl groups is 1. The Hall–Kier alpha value is -0.800. The number of nitrogens with zero attached hydrogens (tertiary/aromatic N) is 1. The SMILES string of the molecule is CC(O)c1csc(NS(=O)(=O)C(F)F)n1. The first-order chi connectivity index (χ1) is 6.83. The number of nitrogens with one attached hydrogen (secondary N) is 1. The number of thiazole rings is 1. The van der Waals surface area contributed by atoms with E-state index in [0.717, 1.165) is 11.3 Å². The van der Waals surface area contributed by atoms with E-state index in [9.17, 15) is 17.2 Å². The van der Waals surface area contributed by atoms with Crippen molar-refractivity contribution in [3.8, 4) is 0 Å². The molecule has 2 N–H and O–H groups in total. The maximum Gasteiger partial charge on any atom is 0.355 e. The summed E-state index contributed by atoms with van der Waals surface area (Å²) in [6, 6.07) is 0. The first kappa shape index (κ1) is 12.3. The number of alkyl halides is 2. The van der Waals surface area contributed by atoms with Crippen LogP contribution in [0.1, 0.15) is 18.7 Å². The molecule has 86 valence electrons. The number of hydrogen-bond acceptors (Lipinski definition) is 5. The zero-order valence-corrected chi connectivity index (χ0v) is 9.15. The lowest BCUT2D eigenvalue weighted by molar-refractivity contribution is 0.195. The van der Waals surface area contributed by atoms with Gasteiger partial charge in [-0.1, -0.05) is 0 Å². The van der Waals surface area contributed by atoms with Crippen LogP contribution in [0.25, 0.3) is 0 Å². The lowest BCUT2D eigenvalue weighted by atomic mass is 10.3. The molecule has 1 aromatic heterocycles. The summed E-state index contributed by atoms with van der Waals surface area (Å²) in [4.78, 5) is 3.62. The van der Waals surface area contributed by atoms with Crippen molar-refractivity contribution in [3.63, 3.8) is 0 Å². The van der Waals surface area contributed by atoms with Crippen LogP contribution >= 0.6 is 11.3 Å². The fraction of sp³-hybridized carbons (Fsp3) is 0.500. The number of hydrogen-bond donors (Lipinski definition) is 2. The van der Waals surface area contributed by atoms with Crippen LogP contribution in [0.5, 0.6) is 0 Å². The zero-order valence-electron chi connectivity index (χ0n) is 7.52. The van der Waals surface area contributed by atoms with Crippen molar-refractivity contribution in [1.29, 1.82) is 0 Å². The smallest absolute Gasteiger partial charge is 0.355 e. The van der Waals surface area contributed by atoms with Gasteiger partial charge in [0.15, 0.2) is 5.13 Å². The van der Waals surface area contributed by atoms with Gasteiger partial charge >= 0.3 is 5.76 Å². The Morgan fingerprint density at radius 2 is 2.20 bits per heavy atom. The Labute approximate surface area is 88.8 Å². The minimum absolute atomic E-state index is 0.189. The minimum atomic E-state index is -4.68. The highest BCUT2D eigenvalue weighted by molar-refractivity contribution is 7.93. The molecule has 0 saturated heterocycles. The van der Waals surface area contributed by atoms with Crippen LogP contribution in [0.4, 0.5) is 13.9 Å². The molecule has 0 saturated carbocycles. The summed E-state index contributed by atoms with van der Waals surface area (Å²) >= 11 is 0.827. The molecule has 1 unspecified atom stereocenters. The van der Waals surface area contributed by atoms with E-state index in [0.29, 0.717) is 0 Å². The number of aliphatic hydroxyl groups excluding tert-OH is 1. The number of rotatable bonds is 4. The monoisotopic (exact) mass is 258 g/mol. The fourth-order valence-corrected chi connectivity index (χ4v) is 2.25. The second kappa shape index (κ2) is 4.37. The highest BCUT2D eigenvalue weighted by atomic mass is 32.2. The van der Waals surface area contributed by atoms with Crippen molar-refractivity contribution in [2.45, 2.75) is 18.8 Å². The minimum Gasteiger partial charge on any atom is -0.387 e. The molecule has 0 radical (unpaired) electrons. The summed E-state index contributed by atoms with van der Waals surface area (Å²) in [5.41, 5.74) is 0.229. The second-order valence-electron chi connectivity index (χ2n) is 2.66. The summed E-state index contributed by atoms with van der Waals surface area (Å²) in [6.07, 6.45) is -0.869. The topological polar surface area (TPSA) is 79.3 Å². The van der Waals surface area contributed by atoms with Crippen molar-refractivity contribution in [2.24, 2.45) is 0 Å². The molecule has 1 atom stereocenters. The normalized spacial score (nSPS) is 14.2. The predicted octanol–water partition coefficient (Wildman–Crippen LogP) is 1.16. The third-order valence-corrected chi connectivity index (χ3v) is 3.27. The van der Waals surface area contributed by atoms with E-state index in [1.165, 1.54) is 12.3 Å². The Bertz CT molecular complexity index is 429. The zero-order chi connectivity index (χ0) is 11.6. The Balaban J connectivity index is 2.82. The van der Waals surface area contributed by atoms with E-state index in [2.05, 4.69) is 4.98 Å². The van der Waals surface area contributed by atoms with E-state index >= 15 is 0 Å². The molecular weight excluding hydrogens is 250 g/mol. The Morgan fingerprint density at radius 3 is 2.60 bits per heavy atom. The van der Waals surface area contributed by atoms with Crippen molar-refractivity contribution >= 4 is 26.5 Å². The summed E-state index contributed by atoms with van der Waals surface area (Å²) in [6.45, 7) is 1.43. The second-order valence-corrected chi connectivity index (χ2v) is 5.17. The van der Waals surface area contributed by atoms with Crippen LogP contribution in [-0.4, -0.2) is 24.3 Å². The van der Waals surface area contributed by atoms with Crippen LogP contribution < -0.4 is 4.72 Å². The summed E-state index contributed by atoms with van der Waals surface area (Å²) in [5.74, 6) is -3.50. The largest absolute Gasteiger partial charge is 0.387 e. The van der Waals surface area contributed by atoms with E-state index < -0.39 is 21.9 Å². The van der Waals surface area contributed by atoms with Gasteiger partial charge in [-0.3, -0.25) is 4.72 Å². The number of halogens is 2. The first-order valence-corrected chi connectivity index (χ1v) is 6.19. The van der Waals surface area contributed by atoms with E-state index in [1.807, 2.05) is 0 Å². The van der Waals surface area contributed by atoms with Gasteiger partial charge in [-0.15, -0.1) is 11.3 Å². The average Bonchev–Trinajstić information content (AvgIpc) is 2.51. The molecule has 0 amide bonds. The molecule has 0 spiro atoms. The Kier molecular flexibility index (Phi) is 3.58. The molecule has 0 aliphatic carbocycles. The molecule has 15 heavy (non-hydrogen) atoms. The lowest BCUT2D eigenvalue weighted by Crippen LogP contribution is -2.20. The first-order valence-electron chi connectivity index (χ1n) is 3.76. The van der Waals surface area contributed by atoms with Gasteiger partial charge in [-0.25, -0.2) is 13.4 Å². The van der Waals surface area contributed by atoms with E-state index in [1.54, 1.807) is 4.72 Å². The van der Waals surface area contributed by atoms with Crippen molar-refractivity contribution in [3.05, 3.63) is 11.1 Å². The van der Waals surface area contributed by atoms with Gasteiger partial charge in [0.2, 0.25) is 0 Å². The van der Waals surface area contributed by atoms with Gasteiger partial charge in [-0.2, -0.15) is 8.78 Å². The molecule has 0 aromatic carbocycles. The third-order valence-electron chi connectivity index (χ3n) is 1.41. The molecule has 0 aliphatic heterocycles. The highest BCUT2D eigenvalue weighted by Crippen LogP contribution is 2.22. The van der Waals surface area contributed by atoms with Crippen LogP contribution in [-0.2, 0) is 10.0 Å². The molecule has 9 heteroatoms. The molecule has 1 aromatic rings. The van der Waals surface area contributed by atoms with Gasteiger partial charge in [0.25, 0.3) is 10.0 Å². The van der Waals surface area contributed by atoms with Crippen LogP contribution in [0, 0.1) is 0 Å². The highest BCUT2D eigenvalue weighted by Gasteiger charge is 2.25. The summed E-state index contributed by atoms with van der Waals surface area (Å²) in [7, 11) is -4.68. The Morgan fingerprint density at radius 1 is 1.60 bits per heavy atom. The molecule has 5 nitrogen and oxygen atoms in total. The predicted molar refractivity (Wildman–Crippen MR) is 51.3 cm³/mol. The third kappa shape index (κ3) is 3.08. The summed E-state index contributed by atoms with van der Waals surface area (Å²) in [5, 5.41) is 10.3. The van der Waals surface area contributed by atoms with Crippen molar-refractivity contribution in [1.82, 2.24) is 4.98 Å². The maximum absolute atomic E-state index is 11.9. The summed E-state index contributed by atoms with van der Waals surface area (Å²) < 4.78 is 46.9. The number of sulfonamides is 1. The molecule has 1 heterocycles. The maximum atomic E-state index is 11.9. The molecule has 0 bridgehead atoms. The average molecular weight is 258 g/mol. The lowest BCUT2D eigenvalue weighted by Gasteiger charge is -2.02. The molecule has 0 fully saturated rings. The van der Waals surface area contributed by atoms with E-state index in [4.69, 9.17) is 5.11 Å². The number of aromatic nitrogens is 1. The van der Waals surface area contributed by atoms with Gasteiger partial charge in [0.1, 0.15) is 0 Å². The van der Waals surface area contributed by atoms with E-state index in [-0.39, 0.29) is 10.8 Å².